The molecule has 0 aliphatic carbocycles. The van der Waals surface area contributed by atoms with E-state index in [1.54, 1.807) is 12.1 Å². The van der Waals surface area contributed by atoms with E-state index in [0.29, 0.717) is 22.5 Å². The van der Waals surface area contributed by atoms with Crippen molar-refractivity contribution in [2.45, 2.75) is 11.4 Å². The summed E-state index contributed by atoms with van der Waals surface area (Å²) in [6.07, 6.45) is 1.53. The summed E-state index contributed by atoms with van der Waals surface area (Å²) >= 11 is 1.45. The topological polar surface area (TPSA) is 81.5 Å². The van der Waals surface area contributed by atoms with Gasteiger partial charge in [0, 0.05) is 25.0 Å². The third-order valence-electron chi connectivity index (χ3n) is 4.85. The van der Waals surface area contributed by atoms with Crippen molar-refractivity contribution in [3.8, 4) is 16.9 Å². The van der Waals surface area contributed by atoms with Gasteiger partial charge in [-0.1, -0.05) is 30.3 Å². The molecular formula is C22H21N3O4S2. The molecular weight excluding hydrogens is 434 g/mol. The number of sulfonamides is 1. The average Bonchev–Trinajstić information content (AvgIpc) is 3.21. The molecule has 0 aliphatic rings. The summed E-state index contributed by atoms with van der Waals surface area (Å²) in [7, 11) is -0.510. The van der Waals surface area contributed by atoms with Crippen LogP contribution in [-0.2, 0) is 16.6 Å². The number of benzene rings is 2. The standard InChI is InChI=1S/C22H21N3O4S2/c1-24(2)31(27,28)18-10-8-17(9-11-18)29-13-12-25-15-23-21-20(22(25)26)19(14-30-21)16-6-4-3-5-7-16/h3-11,14-15H,12-13H2,1-2H3. The van der Waals surface area contributed by atoms with Crippen molar-refractivity contribution in [1.29, 1.82) is 0 Å². The fourth-order valence-electron chi connectivity index (χ4n) is 3.14. The first-order valence-electron chi connectivity index (χ1n) is 9.55. The Kier molecular flexibility index (Phi) is 5.90. The van der Waals surface area contributed by atoms with Crippen LogP contribution in [-0.4, -0.2) is 43.0 Å². The normalized spacial score (nSPS) is 11.8. The minimum atomic E-state index is -3.48. The molecule has 0 saturated heterocycles. The molecule has 0 amide bonds. The van der Waals surface area contributed by atoms with E-state index in [-0.39, 0.29) is 17.1 Å². The quantitative estimate of drug-likeness (QED) is 0.426. The summed E-state index contributed by atoms with van der Waals surface area (Å²) in [6.45, 7) is 0.571. The summed E-state index contributed by atoms with van der Waals surface area (Å²) in [5.74, 6) is 0.528. The Balaban J connectivity index is 1.50. The lowest BCUT2D eigenvalue weighted by Gasteiger charge is -2.12. The number of hydrogen-bond acceptors (Lipinski definition) is 6. The third kappa shape index (κ3) is 4.25. The van der Waals surface area contributed by atoms with Gasteiger partial charge in [-0.15, -0.1) is 11.3 Å². The fourth-order valence-corrected chi connectivity index (χ4v) is 4.95. The van der Waals surface area contributed by atoms with Crippen LogP contribution >= 0.6 is 11.3 Å². The second kappa shape index (κ2) is 8.62. The van der Waals surface area contributed by atoms with E-state index in [1.165, 1.54) is 48.5 Å². The molecule has 0 N–H and O–H groups in total. The number of rotatable bonds is 7. The van der Waals surface area contributed by atoms with Gasteiger partial charge in [0.15, 0.2) is 0 Å². The van der Waals surface area contributed by atoms with Crippen LogP contribution in [0.2, 0.25) is 0 Å². The van der Waals surface area contributed by atoms with Crippen molar-refractivity contribution in [2.24, 2.45) is 0 Å². The minimum Gasteiger partial charge on any atom is -0.492 e. The fraction of sp³-hybridized carbons (Fsp3) is 0.182. The van der Waals surface area contributed by atoms with Gasteiger partial charge >= 0.3 is 0 Å². The van der Waals surface area contributed by atoms with Gasteiger partial charge in [-0.2, -0.15) is 0 Å². The van der Waals surface area contributed by atoms with E-state index < -0.39 is 10.0 Å². The Morgan fingerprint density at radius 2 is 1.77 bits per heavy atom. The first-order chi connectivity index (χ1) is 14.9. The molecule has 4 aromatic rings. The molecule has 0 aliphatic heterocycles. The number of hydrogen-bond donors (Lipinski definition) is 0. The second-order valence-electron chi connectivity index (χ2n) is 7.05. The van der Waals surface area contributed by atoms with Crippen molar-refractivity contribution in [1.82, 2.24) is 13.9 Å². The van der Waals surface area contributed by atoms with Crippen LogP contribution in [0.3, 0.4) is 0 Å². The van der Waals surface area contributed by atoms with E-state index in [2.05, 4.69) is 4.98 Å². The van der Waals surface area contributed by atoms with Gasteiger partial charge in [0.05, 0.1) is 23.2 Å². The van der Waals surface area contributed by atoms with Crippen LogP contribution in [0.1, 0.15) is 0 Å². The lowest BCUT2D eigenvalue weighted by molar-refractivity contribution is 0.296. The summed E-state index contributed by atoms with van der Waals surface area (Å²) in [5.41, 5.74) is 1.75. The Hall–Kier alpha value is -3.01. The summed E-state index contributed by atoms with van der Waals surface area (Å²) in [4.78, 5) is 18.4. The molecule has 2 aromatic carbocycles. The van der Waals surface area contributed by atoms with E-state index >= 15 is 0 Å². The maximum Gasteiger partial charge on any atom is 0.262 e. The SMILES string of the molecule is CN(C)S(=O)(=O)c1ccc(OCCn2cnc3scc(-c4ccccc4)c3c2=O)cc1. The largest absolute Gasteiger partial charge is 0.492 e. The molecule has 0 fully saturated rings. The highest BCUT2D eigenvalue weighted by Crippen LogP contribution is 2.30. The predicted molar refractivity (Wildman–Crippen MR) is 122 cm³/mol. The molecule has 7 nitrogen and oxygen atoms in total. The highest BCUT2D eigenvalue weighted by atomic mass is 32.2. The maximum atomic E-state index is 13.0. The van der Waals surface area contributed by atoms with Gasteiger partial charge in [0.1, 0.15) is 17.2 Å². The number of aromatic nitrogens is 2. The zero-order chi connectivity index (χ0) is 22.0. The van der Waals surface area contributed by atoms with Gasteiger partial charge in [0.2, 0.25) is 10.0 Å². The second-order valence-corrected chi connectivity index (χ2v) is 10.1. The van der Waals surface area contributed by atoms with E-state index in [0.717, 1.165) is 15.4 Å². The minimum absolute atomic E-state index is 0.110. The van der Waals surface area contributed by atoms with Crippen molar-refractivity contribution in [3.63, 3.8) is 0 Å². The lowest BCUT2D eigenvalue weighted by atomic mass is 10.1. The maximum absolute atomic E-state index is 13.0. The van der Waals surface area contributed by atoms with Crippen LogP contribution in [0.5, 0.6) is 5.75 Å². The molecule has 4 rings (SSSR count). The molecule has 31 heavy (non-hydrogen) atoms. The zero-order valence-electron chi connectivity index (χ0n) is 17.1. The highest BCUT2D eigenvalue weighted by Gasteiger charge is 2.17. The molecule has 2 aromatic heterocycles. The average molecular weight is 456 g/mol. The van der Waals surface area contributed by atoms with Crippen LogP contribution in [0.25, 0.3) is 21.3 Å². The van der Waals surface area contributed by atoms with Gasteiger partial charge in [-0.05, 0) is 29.8 Å². The van der Waals surface area contributed by atoms with Crippen LogP contribution in [0, 0.1) is 0 Å². The van der Waals surface area contributed by atoms with Crippen molar-refractivity contribution in [2.75, 3.05) is 20.7 Å². The molecule has 0 spiro atoms. The predicted octanol–water partition coefficient (Wildman–Crippen LogP) is 3.45. The highest BCUT2D eigenvalue weighted by molar-refractivity contribution is 7.89. The molecule has 0 radical (unpaired) electrons. The zero-order valence-corrected chi connectivity index (χ0v) is 18.7. The first kappa shape index (κ1) is 21.2. The molecule has 9 heteroatoms. The monoisotopic (exact) mass is 455 g/mol. The van der Waals surface area contributed by atoms with Crippen LogP contribution in [0.4, 0.5) is 0 Å². The van der Waals surface area contributed by atoms with Crippen LogP contribution in [0.15, 0.2) is 76.0 Å². The third-order valence-corrected chi connectivity index (χ3v) is 7.56. The Morgan fingerprint density at radius 1 is 1.06 bits per heavy atom. The van der Waals surface area contributed by atoms with Crippen molar-refractivity contribution in [3.05, 3.63) is 76.7 Å². The number of thiophene rings is 1. The van der Waals surface area contributed by atoms with Crippen molar-refractivity contribution < 1.29 is 13.2 Å². The van der Waals surface area contributed by atoms with E-state index in [4.69, 9.17) is 4.74 Å². The van der Waals surface area contributed by atoms with Gasteiger partial charge in [0.25, 0.3) is 5.56 Å². The van der Waals surface area contributed by atoms with Crippen molar-refractivity contribution >= 4 is 31.6 Å². The van der Waals surface area contributed by atoms with E-state index in [9.17, 15) is 13.2 Å². The molecule has 0 saturated carbocycles. The summed E-state index contributed by atoms with van der Waals surface area (Å²) < 4.78 is 32.7. The summed E-state index contributed by atoms with van der Waals surface area (Å²) in [6, 6.07) is 16.0. The number of fused-ring (bicyclic) bond motifs is 1. The molecule has 0 atom stereocenters. The summed E-state index contributed by atoms with van der Waals surface area (Å²) in [5, 5.41) is 2.57. The Bertz CT molecular complexity index is 1360. The van der Waals surface area contributed by atoms with Crippen LogP contribution < -0.4 is 10.3 Å². The number of nitrogens with zero attached hydrogens (tertiary/aromatic N) is 3. The Labute approximate surface area is 184 Å². The molecule has 160 valence electrons. The van der Waals surface area contributed by atoms with Gasteiger partial charge in [-0.3, -0.25) is 9.36 Å². The lowest BCUT2D eigenvalue weighted by Crippen LogP contribution is -2.23. The molecule has 0 unspecified atom stereocenters. The van der Waals surface area contributed by atoms with Gasteiger partial charge in [-0.25, -0.2) is 17.7 Å². The van der Waals surface area contributed by atoms with Gasteiger partial charge < -0.3 is 4.74 Å². The molecule has 0 bridgehead atoms. The number of ether oxygens (including phenoxy) is 1. The Morgan fingerprint density at radius 3 is 2.45 bits per heavy atom. The smallest absolute Gasteiger partial charge is 0.262 e. The van der Waals surface area contributed by atoms with E-state index in [1.807, 2.05) is 35.7 Å². The molecule has 2 heterocycles. The first-order valence-corrected chi connectivity index (χ1v) is 11.9.